The van der Waals surface area contributed by atoms with Crippen LogP contribution < -0.4 is 15.8 Å². The number of hydrogen-bond acceptors (Lipinski definition) is 6. The fourth-order valence-electron chi connectivity index (χ4n) is 7.26. The maximum Gasteiger partial charge on any atom is 0.320 e. The zero-order valence-corrected chi connectivity index (χ0v) is 24.7. The Morgan fingerprint density at radius 3 is 2.48 bits per heavy atom. The Morgan fingerprint density at radius 1 is 1.05 bits per heavy atom. The first-order valence-corrected chi connectivity index (χ1v) is 15.2. The Kier molecular flexibility index (Phi) is 7.81. The number of benzene rings is 2. The average molecular weight is 571 g/mol. The Balaban J connectivity index is 1.21. The SMILES string of the molecule is CN(C)c1ccc(-c2cc(=O)n(C[C@]3(O)CCN(C(=O)N4CCNC[C@H]4c4ccccc4)CC34CCCC4)cn2)cc1. The number of piperazine rings is 1. The summed E-state index contributed by atoms with van der Waals surface area (Å²) in [4.78, 5) is 37.9. The fraction of sp³-hybridized carbons (Fsp3) is 0.485. The van der Waals surface area contributed by atoms with Crippen molar-refractivity contribution in [1.82, 2.24) is 24.7 Å². The summed E-state index contributed by atoms with van der Waals surface area (Å²) in [5, 5.41) is 15.7. The van der Waals surface area contributed by atoms with Gasteiger partial charge in [-0.05, 0) is 37.0 Å². The number of carbonyl (C=O) groups is 1. The summed E-state index contributed by atoms with van der Waals surface area (Å²) in [6.07, 6.45) is 5.71. The van der Waals surface area contributed by atoms with Crippen LogP contribution in [0.1, 0.15) is 43.7 Å². The number of nitrogens with zero attached hydrogens (tertiary/aromatic N) is 5. The third kappa shape index (κ3) is 5.31. The summed E-state index contributed by atoms with van der Waals surface area (Å²) in [5.74, 6) is 0. The highest BCUT2D eigenvalue weighted by Gasteiger charge is 2.56. The smallest absolute Gasteiger partial charge is 0.320 e. The van der Waals surface area contributed by atoms with Crippen LogP contribution in [0.3, 0.4) is 0 Å². The molecule has 3 heterocycles. The molecule has 2 amide bonds. The molecule has 222 valence electrons. The second-order valence-corrected chi connectivity index (χ2v) is 12.5. The minimum absolute atomic E-state index is 0.0185. The maximum absolute atomic E-state index is 14.0. The molecule has 2 aromatic carbocycles. The molecule has 1 aliphatic carbocycles. The quantitative estimate of drug-likeness (QED) is 0.486. The van der Waals surface area contributed by atoms with E-state index in [-0.39, 0.29) is 24.2 Å². The van der Waals surface area contributed by atoms with Gasteiger partial charge in [0.05, 0.1) is 30.2 Å². The highest BCUT2D eigenvalue weighted by atomic mass is 16.3. The second-order valence-electron chi connectivity index (χ2n) is 12.5. The van der Waals surface area contributed by atoms with Crippen molar-refractivity contribution < 1.29 is 9.90 Å². The molecular weight excluding hydrogens is 528 g/mol. The van der Waals surface area contributed by atoms with Crippen LogP contribution in [-0.4, -0.2) is 82.9 Å². The molecule has 42 heavy (non-hydrogen) atoms. The van der Waals surface area contributed by atoms with E-state index in [1.54, 1.807) is 17.0 Å². The predicted octanol–water partition coefficient (Wildman–Crippen LogP) is 3.74. The molecule has 2 N–H and O–H groups in total. The van der Waals surface area contributed by atoms with Gasteiger partial charge in [-0.2, -0.15) is 0 Å². The van der Waals surface area contributed by atoms with Crippen LogP contribution in [0.4, 0.5) is 10.5 Å². The predicted molar refractivity (Wildman–Crippen MR) is 164 cm³/mol. The number of anilines is 1. The number of hydrogen-bond donors (Lipinski definition) is 2. The van der Waals surface area contributed by atoms with Crippen LogP contribution in [0.15, 0.2) is 71.8 Å². The van der Waals surface area contributed by atoms with Crippen LogP contribution in [-0.2, 0) is 6.54 Å². The van der Waals surface area contributed by atoms with Crippen molar-refractivity contribution in [2.24, 2.45) is 5.41 Å². The van der Waals surface area contributed by atoms with E-state index in [1.807, 2.05) is 71.3 Å². The van der Waals surface area contributed by atoms with E-state index >= 15 is 0 Å². The van der Waals surface area contributed by atoms with Crippen LogP contribution in [0.2, 0.25) is 0 Å². The molecule has 3 fully saturated rings. The van der Waals surface area contributed by atoms with E-state index < -0.39 is 11.0 Å². The van der Waals surface area contributed by atoms with Crippen LogP contribution in [0, 0.1) is 5.41 Å². The lowest BCUT2D eigenvalue weighted by Gasteiger charge is -2.53. The third-order valence-corrected chi connectivity index (χ3v) is 9.77. The summed E-state index contributed by atoms with van der Waals surface area (Å²) < 4.78 is 1.55. The largest absolute Gasteiger partial charge is 0.387 e. The van der Waals surface area contributed by atoms with Gasteiger partial charge in [-0.15, -0.1) is 0 Å². The van der Waals surface area contributed by atoms with E-state index in [0.717, 1.165) is 55.6 Å². The highest BCUT2D eigenvalue weighted by Crippen LogP contribution is 2.51. The molecule has 1 spiro atoms. The lowest BCUT2D eigenvalue weighted by atomic mass is 9.66. The van der Waals surface area contributed by atoms with Crippen LogP contribution in [0.25, 0.3) is 11.3 Å². The van der Waals surface area contributed by atoms with E-state index in [9.17, 15) is 14.7 Å². The molecular formula is C33H42N6O3. The molecule has 0 bridgehead atoms. The molecule has 2 saturated heterocycles. The fourth-order valence-corrected chi connectivity index (χ4v) is 7.26. The third-order valence-electron chi connectivity index (χ3n) is 9.77. The number of carbonyl (C=O) groups excluding carboxylic acids is 1. The van der Waals surface area contributed by atoms with Gasteiger partial charge in [0.1, 0.15) is 0 Å². The monoisotopic (exact) mass is 570 g/mol. The Morgan fingerprint density at radius 2 is 1.79 bits per heavy atom. The number of piperidine rings is 1. The van der Waals surface area contributed by atoms with Crippen molar-refractivity contribution in [2.45, 2.75) is 50.3 Å². The minimum atomic E-state index is -1.09. The van der Waals surface area contributed by atoms with Gasteiger partial charge in [-0.3, -0.25) is 9.36 Å². The molecule has 2 atom stereocenters. The number of amides is 2. The molecule has 6 rings (SSSR count). The molecule has 9 heteroatoms. The lowest BCUT2D eigenvalue weighted by Crippen LogP contribution is -2.64. The first-order chi connectivity index (χ1) is 20.3. The molecule has 3 aliphatic rings. The van der Waals surface area contributed by atoms with Gasteiger partial charge in [-0.25, -0.2) is 9.78 Å². The van der Waals surface area contributed by atoms with Gasteiger partial charge in [0.2, 0.25) is 0 Å². The van der Waals surface area contributed by atoms with E-state index in [4.69, 9.17) is 0 Å². The van der Waals surface area contributed by atoms with Crippen molar-refractivity contribution in [1.29, 1.82) is 0 Å². The van der Waals surface area contributed by atoms with E-state index in [0.29, 0.717) is 31.7 Å². The topological polar surface area (TPSA) is 93.9 Å². The summed E-state index contributed by atoms with van der Waals surface area (Å²) in [7, 11) is 3.98. The molecule has 3 aromatic rings. The average Bonchev–Trinajstić information content (AvgIpc) is 3.50. The molecule has 0 unspecified atom stereocenters. The number of aliphatic hydroxyl groups is 1. The van der Waals surface area contributed by atoms with Crippen molar-refractivity contribution in [2.75, 3.05) is 51.7 Å². The minimum Gasteiger partial charge on any atom is -0.387 e. The maximum atomic E-state index is 14.0. The zero-order valence-electron chi connectivity index (χ0n) is 24.7. The number of nitrogens with one attached hydrogen (secondary N) is 1. The molecule has 9 nitrogen and oxygen atoms in total. The van der Waals surface area contributed by atoms with Gasteiger partial charge in [-0.1, -0.05) is 55.3 Å². The van der Waals surface area contributed by atoms with Crippen molar-refractivity contribution in [3.8, 4) is 11.3 Å². The summed E-state index contributed by atoms with van der Waals surface area (Å²) in [6.45, 7) is 3.29. The van der Waals surface area contributed by atoms with E-state index in [2.05, 4.69) is 22.4 Å². The highest BCUT2D eigenvalue weighted by molar-refractivity contribution is 5.75. The standard InChI is InChI=1S/C33H42N6O3/c1-36(2)27-12-10-25(11-13-27)28-20-30(40)38(24-35-28)23-33(42)16-18-37(22-32(33)14-6-7-15-32)31(41)39-19-17-34-21-29(39)26-8-4-3-5-9-26/h3-5,8-13,20,24,29,34,42H,6-7,14-19,21-23H2,1-2H3/t29-,33+/m0/s1. The molecule has 2 aliphatic heterocycles. The van der Waals surface area contributed by atoms with Crippen molar-refractivity contribution >= 4 is 11.7 Å². The van der Waals surface area contributed by atoms with Gasteiger partial charge >= 0.3 is 6.03 Å². The van der Waals surface area contributed by atoms with Gasteiger partial charge in [0.25, 0.3) is 5.56 Å². The van der Waals surface area contributed by atoms with Crippen molar-refractivity contribution in [3.05, 3.63) is 82.9 Å². The Bertz CT molecular complexity index is 1450. The summed E-state index contributed by atoms with van der Waals surface area (Å²) >= 11 is 0. The summed E-state index contributed by atoms with van der Waals surface area (Å²) in [5.41, 5.74) is 1.99. The normalized spacial score (nSPS) is 23.7. The van der Waals surface area contributed by atoms with Gasteiger partial charge in [0, 0.05) is 69.6 Å². The Hall–Kier alpha value is -3.69. The second kappa shape index (κ2) is 11.5. The number of rotatable bonds is 5. The first-order valence-electron chi connectivity index (χ1n) is 15.2. The van der Waals surface area contributed by atoms with E-state index in [1.165, 1.54) is 0 Å². The van der Waals surface area contributed by atoms with Crippen molar-refractivity contribution in [3.63, 3.8) is 0 Å². The van der Waals surface area contributed by atoms with Crippen LogP contribution >= 0.6 is 0 Å². The molecule has 1 saturated carbocycles. The summed E-state index contributed by atoms with van der Waals surface area (Å²) in [6, 6.07) is 19.7. The number of urea groups is 1. The lowest BCUT2D eigenvalue weighted by molar-refractivity contribution is -0.137. The first kappa shape index (κ1) is 28.4. The van der Waals surface area contributed by atoms with Gasteiger partial charge in [0.15, 0.2) is 0 Å². The zero-order chi connectivity index (χ0) is 29.3. The number of aromatic nitrogens is 2. The Labute approximate surface area is 247 Å². The van der Waals surface area contributed by atoms with Gasteiger partial charge < -0.3 is 25.1 Å². The molecule has 1 aromatic heterocycles. The van der Waals surface area contributed by atoms with Crippen LogP contribution in [0.5, 0.6) is 0 Å². The number of likely N-dealkylation sites (tertiary alicyclic amines) is 1. The molecule has 0 radical (unpaired) electrons.